The molecule has 5 nitrogen and oxygen atoms in total. The number of aromatic nitrogens is 4. The van der Waals surface area contributed by atoms with E-state index in [-0.39, 0.29) is 5.95 Å². The summed E-state index contributed by atoms with van der Waals surface area (Å²) in [5.74, 6) is 0.444. The molecule has 0 amide bonds. The van der Waals surface area contributed by atoms with E-state index < -0.39 is 0 Å². The summed E-state index contributed by atoms with van der Waals surface area (Å²) in [4.78, 5) is 12.2. The Morgan fingerprint density at radius 1 is 1.19 bits per heavy atom. The predicted octanol–water partition coefficient (Wildman–Crippen LogP) is 4.99. The van der Waals surface area contributed by atoms with Crippen LogP contribution in [0.15, 0.2) is 49.1 Å². The van der Waals surface area contributed by atoms with Gasteiger partial charge in [-0.2, -0.15) is 4.39 Å². The molecule has 134 valence electrons. The van der Waals surface area contributed by atoms with E-state index in [1.165, 1.54) is 11.3 Å². The average Bonchev–Trinajstić information content (AvgIpc) is 3.36. The van der Waals surface area contributed by atoms with Gasteiger partial charge in [0.15, 0.2) is 0 Å². The highest BCUT2D eigenvalue weighted by molar-refractivity contribution is 7.18. The minimum atomic E-state index is -0.365. The van der Waals surface area contributed by atoms with Crippen LogP contribution in [0.2, 0.25) is 0 Å². The lowest BCUT2D eigenvalue weighted by Crippen LogP contribution is -1.86. The second-order valence-corrected chi connectivity index (χ2v) is 7.33. The monoisotopic (exact) mass is 378 g/mol. The Labute approximate surface area is 158 Å². The summed E-state index contributed by atoms with van der Waals surface area (Å²) in [5, 5.41) is 2.69. The molecule has 5 aromatic rings. The number of halogens is 1. The number of H-pyrrole nitrogens is 1. The third kappa shape index (κ3) is 2.43. The van der Waals surface area contributed by atoms with Crippen LogP contribution < -0.4 is 4.74 Å². The minimum absolute atomic E-state index is 0.365. The third-order valence-corrected chi connectivity index (χ3v) is 5.78. The number of aromatic amines is 1. The Kier molecular flexibility index (Phi) is 3.51. The Bertz CT molecular complexity index is 1300. The highest BCUT2D eigenvalue weighted by atomic mass is 32.1. The molecule has 0 saturated heterocycles. The van der Waals surface area contributed by atoms with Gasteiger partial charge in [0.25, 0.3) is 0 Å². The normalized spacial score (nSPS) is 11.5. The molecule has 0 aliphatic heterocycles. The van der Waals surface area contributed by atoms with E-state index in [9.17, 15) is 4.39 Å². The first-order valence-electron chi connectivity index (χ1n) is 8.36. The van der Waals surface area contributed by atoms with Crippen LogP contribution in [0.25, 0.3) is 42.8 Å². The van der Waals surface area contributed by atoms with E-state index >= 15 is 0 Å². The largest absolute Gasteiger partial charge is 0.497 e. The van der Waals surface area contributed by atoms with Crippen molar-refractivity contribution in [2.24, 2.45) is 7.05 Å². The van der Waals surface area contributed by atoms with Gasteiger partial charge in [0.2, 0.25) is 5.95 Å². The maximum Gasteiger partial charge on any atom is 0.201 e. The quantitative estimate of drug-likeness (QED) is 0.481. The number of hydrogen-bond donors (Lipinski definition) is 1. The second kappa shape index (κ2) is 5.92. The van der Waals surface area contributed by atoms with Gasteiger partial charge in [-0.15, -0.1) is 11.3 Å². The molecule has 0 saturated carbocycles. The van der Waals surface area contributed by atoms with E-state index in [1.807, 2.05) is 36.0 Å². The van der Waals surface area contributed by atoms with Crippen molar-refractivity contribution in [3.63, 3.8) is 0 Å². The van der Waals surface area contributed by atoms with Crippen LogP contribution in [0.4, 0.5) is 4.39 Å². The van der Waals surface area contributed by atoms with E-state index in [0.29, 0.717) is 5.56 Å². The summed E-state index contributed by atoms with van der Waals surface area (Å²) in [5.41, 5.74) is 3.32. The van der Waals surface area contributed by atoms with E-state index in [2.05, 4.69) is 15.0 Å². The molecule has 0 fully saturated rings. The van der Waals surface area contributed by atoms with Crippen molar-refractivity contribution in [1.29, 1.82) is 0 Å². The Morgan fingerprint density at radius 2 is 2.07 bits per heavy atom. The number of hydrogen-bond acceptors (Lipinski definition) is 4. The van der Waals surface area contributed by atoms with Crippen LogP contribution in [0.3, 0.4) is 0 Å². The van der Waals surface area contributed by atoms with Crippen molar-refractivity contribution < 1.29 is 9.13 Å². The standard InChI is InChI=1S/C20H15FN4OS/c1-25-10-14(12-4-3-11(26-2)7-16(12)25)20-23-9-17(27-20)18-13-8-22-6-5-15(13)24-19(18)21/h3-10,24H,1-2H3. The molecular formula is C20H15FN4OS. The van der Waals surface area contributed by atoms with Gasteiger partial charge in [0.1, 0.15) is 10.8 Å². The molecular weight excluding hydrogens is 363 g/mol. The molecule has 1 aromatic carbocycles. The fourth-order valence-electron chi connectivity index (χ4n) is 3.42. The summed E-state index contributed by atoms with van der Waals surface area (Å²) in [6.45, 7) is 0. The number of methoxy groups -OCH3 is 1. The average molecular weight is 378 g/mol. The molecule has 27 heavy (non-hydrogen) atoms. The van der Waals surface area contributed by atoms with Crippen molar-refractivity contribution >= 4 is 33.1 Å². The van der Waals surface area contributed by atoms with Crippen LogP contribution in [-0.4, -0.2) is 26.6 Å². The molecule has 0 aliphatic rings. The van der Waals surface area contributed by atoms with Crippen molar-refractivity contribution in [1.82, 2.24) is 19.5 Å². The van der Waals surface area contributed by atoms with Gasteiger partial charge in [0.05, 0.1) is 28.6 Å². The van der Waals surface area contributed by atoms with Crippen molar-refractivity contribution in [3.8, 4) is 26.8 Å². The van der Waals surface area contributed by atoms with Crippen LogP contribution in [0, 0.1) is 5.95 Å². The number of aryl methyl sites for hydroxylation is 1. The number of benzene rings is 1. The molecule has 0 atom stereocenters. The molecule has 4 aromatic heterocycles. The number of nitrogens with zero attached hydrogens (tertiary/aromatic N) is 3. The van der Waals surface area contributed by atoms with Crippen molar-refractivity contribution in [2.45, 2.75) is 0 Å². The van der Waals surface area contributed by atoms with E-state index in [0.717, 1.165) is 43.0 Å². The number of pyridine rings is 1. The second-order valence-electron chi connectivity index (χ2n) is 6.30. The lowest BCUT2D eigenvalue weighted by Gasteiger charge is -2.01. The van der Waals surface area contributed by atoms with Crippen LogP contribution >= 0.6 is 11.3 Å². The summed E-state index contributed by atoms with van der Waals surface area (Å²) < 4.78 is 21.9. The molecule has 0 spiro atoms. The zero-order valence-electron chi connectivity index (χ0n) is 14.7. The van der Waals surface area contributed by atoms with Gasteiger partial charge in [-0.3, -0.25) is 4.98 Å². The van der Waals surface area contributed by atoms with Crippen LogP contribution in [0.5, 0.6) is 5.75 Å². The summed E-state index contributed by atoms with van der Waals surface area (Å²) in [7, 11) is 3.65. The van der Waals surface area contributed by atoms with Gasteiger partial charge < -0.3 is 14.3 Å². The lowest BCUT2D eigenvalue weighted by atomic mass is 10.2. The van der Waals surface area contributed by atoms with E-state index in [4.69, 9.17) is 4.74 Å². The zero-order chi connectivity index (χ0) is 18.5. The smallest absolute Gasteiger partial charge is 0.201 e. The Morgan fingerprint density at radius 3 is 2.93 bits per heavy atom. The maximum atomic E-state index is 14.5. The molecule has 0 radical (unpaired) electrons. The minimum Gasteiger partial charge on any atom is -0.497 e. The van der Waals surface area contributed by atoms with Gasteiger partial charge in [-0.1, -0.05) is 0 Å². The number of rotatable bonds is 3. The molecule has 0 unspecified atom stereocenters. The third-order valence-electron chi connectivity index (χ3n) is 4.73. The number of ether oxygens (including phenoxy) is 1. The maximum absolute atomic E-state index is 14.5. The first kappa shape index (κ1) is 16.0. The summed E-state index contributed by atoms with van der Waals surface area (Å²) in [6, 6.07) is 7.73. The number of fused-ring (bicyclic) bond motifs is 2. The van der Waals surface area contributed by atoms with Crippen molar-refractivity contribution in [3.05, 3.63) is 55.0 Å². The Hall–Kier alpha value is -3.19. The molecule has 5 rings (SSSR count). The fraction of sp³-hybridized carbons (Fsp3) is 0.100. The van der Waals surface area contributed by atoms with Gasteiger partial charge in [-0.05, 0) is 18.2 Å². The lowest BCUT2D eigenvalue weighted by molar-refractivity contribution is 0.415. The zero-order valence-corrected chi connectivity index (χ0v) is 15.5. The molecule has 7 heteroatoms. The number of nitrogens with one attached hydrogen (secondary N) is 1. The summed E-state index contributed by atoms with van der Waals surface area (Å²) >= 11 is 1.47. The topological polar surface area (TPSA) is 55.7 Å². The van der Waals surface area contributed by atoms with Crippen LogP contribution in [-0.2, 0) is 7.05 Å². The first-order chi connectivity index (χ1) is 13.2. The Balaban J connectivity index is 1.66. The van der Waals surface area contributed by atoms with Crippen molar-refractivity contribution in [2.75, 3.05) is 7.11 Å². The molecule has 0 bridgehead atoms. The predicted molar refractivity (Wildman–Crippen MR) is 106 cm³/mol. The highest BCUT2D eigenvalue weighted by Gasteiger charge is 2.18. The first-order valence-corrected chi connectivity index (χ1v) is 9.18. The van der Waals surface area contributed by atoms with Gasteiger partial charge in [0, 0.05) is 54.2 Å². The van der Waals surface area contributed by atoms with Crippen LogP contribution in [0.1, 0.15) is 0 Å². The molecule has 0 aliphatic carbocycles. The fourth-order valence-corrected chi connectivity index (χ4v) is 4.41. The highest BCUT2D eigenvalue weighted by Crippen LogP contribution is 2.40. The SMILES string of the molecule is COc1ccc2c(-c3ncc(-c4c(F)[nH]c5ccncc45)s3)cn(C)c2c1. The molecule has 4 heterocycles. The summed E-state index contributed by atoms with van der Waals surface area (Å²) in [6.07, 6.45) is 7.08. The molecule has 1 N–H and O–H groups in total. The van der Waals surface area contributed by atoms with Gasteiger partial charge in [-0.25, -0.2) is 4.98 Å². The number of thiazole rings is 1. The van der Waals surface area contributed by atoms with Gasteiger partial charge >= 0.3 is 0 Å². The van der Waals surface area contributed by atoms with E-state index in [1.54, 1.807) is 31.8 Å².